The highest BCUT2D eigenvalue weighted by Gasteiger charge is 2.54. The summed E-state index contributed by atoms with van der Waals surface area (Å²) in [5.74, 6) is 0.778. The zero-order valence-corrected chi connectivity index (χ0v) is 14.4. The van der Waals surface area contributed by atoms with Gasteiger partial charge in [0.2, 0.25) is 0 Å². The van der Waals surface area contributed by atoms with E-state index in [2.05, 4.69) is 20.1 Å². The van der Waals surface area contributed by atoms with Gasteiger partial charge in [-0.2, -0.15) is 0 Å². The number of hydrogen-bond donors (Lipinski definition) is 0. The topological polar surface area (TPSA) is 72.6 Å². The van der Waals surface area contributed by atoms with Crippen LogP contribution in [0.3, 0.4) is 0 Å². The van der Waals surface area contributed by atoms with Crippen LogP contribution in [0.2, 0.25) is 0 Å². The van der Waals surface area contributed by atoms with Gasteiger partial charge in [-0.1, -0.05) is 6.42 Å². The van der Waals surface area contributed by atoms with Gasteiger partial charge in [-0.05, 0) is 33.6 Å². The molecule has 3 heterocycles. The highest BCUT2D eigenvalue weighted by atomic mass is 16.6. The number of carbonyl (C=O) groups excluding carboxylic acids is 1. The van der Waals surface area contributed by atoms with Gasteiger partial charge in [0.1, 0.15) is 17.7 Å². The van der Waals surface area contributed by atoms with E-state index < -0.39 is 5.60 Å². The van der Waals surface area contributed by atoms with Crippen molar-refractivity contribution in [1.82, 2.24) is 19.6 Å². The number of nitrogens with zero attached hydrogens (tertiary/aromatic N) is 5. The van der Waals surface area contributed by atoms with Gasteiger partial charge in [0.15, 0.2) is 5.65 Å². The number of hydrogen-bond acceptors (Lipinski definition) is 6. The maximum absolute atomic E-state index is 12.8. The van der Waals surface area contributed by atoms with Crippen LogP contribution < -0.4 is 4.90 Å². The smallest absolute Gasteiger partial charge is 0.311 e. The lowest BCUT2D eigenvalue weighted by Crippen LogP contribution is -2.43. The summed E-state index contributed by atoms with van der Waals surface area (Å²) in [6.07, 6.45) is 8.55. The quantitative estimate of drug-likeness (QED) is 0.786. The molecule has 24 heavy (non-hydrogen) atoms. The average molecular weight is 329 g/mol. The Bertz CT molecular complexity index is 775. The first-order valence-electron chi connectivity index (χ1n) is 8.50. The van der Waals surface area contributed by atoms with Crippen molar-refractivity contribution in [3.05, 3.63) is 18.7 Å². The Morgan fingerprint density at radius 3 is 2.79 bits per heavy atom. The van der Waals surface area contributed by atoms with Gasteiger partial charge in [-0.3, -0.25) is 14.2 Å². The third-order valence-electron chi connectivity index (χ3n) is 5.21. The molecule has 0 radical (unpaired) electrons. The summed E-state index contributed by atoms with van der Waals surface area (Å²) in [5.41, 5.74) is 0.305. The zero-order valence-electron chi connectivity index (χ0n) is 14.4. The van der Waals surface area contributed by atoms with Crippen molar-refractivity contribution in [2.75, 3.05) is 18.0 Å². The van der Waals surface area contributed by atoms with Gasteiger partial charge in [-0.15, -0.1) is 10.2 Å². The van der Waals surface area contributed by atoms with E-state index in [1.165, 1.54) is 6.42 Å². The first-order chi connectivity index (χ1) is 11.4. The molecule has 128 valence electrons. The molecular formula is C17H23N5O2. The molecule has 4 rings (SSSR count). The minimum atomic E-state index is -0.453. The first-order valence-corrected chi connectivity index (χ1v) is 8.50. The molecule has 7 heteroatoms. The van der Waals surface area contributed by atoms with Crippen LogP contribution in [0.15, 0.2) is 18.7 Å². The van der Waals surface area contributed by atoms with E-state index >= 15 is 0 Å². The third kappa shape index (κ3) is 2.42. The van der Waals surface area contributed by atoms with Gasteiger partial charge in [0.25, 0.3) is 0 Å². The van der Waals surface area contributed by atoms with Crippen molar-refractivity contribution in [2.45, 2.75) is 45.6 Å². The average Bonchev–Trinajstić information content (AvgIpc) is 3.09. The number of rotatable bonds is 2. The fraction of sp³-hybridized carbons (Fsp3) is 0.647. The normalized spacial score (nSPS) is 22.8. The van der Waals surface area contributed by atoms with E-state index in [0.29, 0.717) is 6.54 Å². The minimum absolute atomic E-state index is 0.0402. The van der Waals surface area contributed by atoms with Crippen LogP contribution in [0.5, 0.6) is 0 Å². The lowest BCUT2D eigenvalue weighted by molar-refractivity contribution is -0.165. The van der Waals surface area contributed by atoms with E-state index in [-0.39, 0.29) is 17.3 Å². The molecule has 1 saturated carbocycles. The second-order valence-corrected chi connectivity index (χ2v) is 8.01. The molecule has 1 spiro atoms. The maximum Gasteiger partial charge on any atom is 0.311 e. The second-order valence-electron chi connectivity index (χ2n) is 8.01. The van der Waals surface area contributed by atoms with Crippen molar-refractivity contribution in [3.8, 4) is 0 Å². The van der Waals surface area contributed by atoms with Crippen LogP contribution in [0.4, 0.5) is 5.82 Å². The number of aromatic nitrogens is 4. The molecule has 1 unspecified atom stereocenters. The van der Waals surface area contributed by atoms with Gasteiger partial charge in [0.05, 0.1) is 18.3 Å². The van der Waals surface area contributed by atoms with Crippen LogP contribution in [-0.4, -0.2) is 44.2 Å². The Kier molecular flexibility index (Phi) is 3.30. The molecule has 2 aliphatic rings. The molecule has 1 saturated heterocycles. The second kappa shape index (κ2) is 5.16. The summed E-state index contributed by atoms with van der Waals surface area (Å²) in [4.78, 5) is 19.3. The maximum atomic E-state index is 12.8. The monoisotopic (exact) mass is 329 g/mol. The van der Waals surface area contributed by atoms with Gasteiger partial charge >= 0.3 is 5.97 Å². The number of carbonyl (C=O) groups is 1. The van der Waals surface area contributed by atoms with Crippen molar-refractivity contribution in [1.29, 1.82) is 0 Å². The summed E-state index contributed by atoms with van der Waals surface area (Å²) in [5, 5.41) is 8.02. The summed E-state index contributed by atoms with van der Waals surface area (Å²) in [6, 6.07) is 0. The van der Waals surface area contributed by atoms with E-state index in [0.717, 1.165) is 30.9 Å². The summed E-state index contributed by atoms with van der Waals surface area (Å²) < 4.78 is 7.62. The lowest BCUT2D eigenvalue weighted by Gasteiger charge is -2.42. The van der Waals surface area contributed by atoms with Gasteiger partial charge in [-0.25, -0.2) is 0 Å². The summed E-state index contributed by atoms with van der Waals surface area (Å²) in [6.45, 7) is 7.29. The molecule has 0 aromatic carbocycles. The SMILES string of the molecule is CC(C)(C)OC(=O)C1CN(c2cncc3nncn23)CC12CCC2. The van der Waals surface area contributed by atoms with Crippen LogP contribution in [0, 0.1) is 11.3 Å². The fourth-order valence-electron chi connectivity index (χ4n) is 3.95. The number of anilines is 1. The molecule has 7 nitrogen and oxygen atoms in total. The molecular weight excluding hydrogens is 306 g/mol. The predicted molar refractivity (Wildman–Crippen MR) is 88.6 cm³/mol. The highest BCUT2D eigenvalue weighted by molar-refractivity contribution is 5.76. The van der Waals surface area contributed by atoms with Crippen molar-refractivity contribution >= 4 is 17.4 Å². The van der Waals surface area contributed by atoms with Gasteiger partial charge in [0, 0.05) is 18.5 Å². The Balaban J connectivity index is 1.64. The van der Waals surface area contributed by atoms with Crippen LogP contribution in [0.25, 0.3) is 5.65 Å². The molecule has 2 fully saturated rings. The molecule has 1 aliphatic carbocycles. The molecule has 2 aromatic rings. The third-order valence-corrected chi connectivity index (χ3v) is 5.21. The Morgan fingerprint density at radius 1 is 1.33 bits per heavy atom. The van der Waals surface area contributed by atoms with Crippen molar-refractivity contribution in [3.63, 3.8) is 0 Å². The Labute approximate surface area is 141 Å². The predicted octanol–water partition coefficient (Wildman–Crippen LogP) is 2.07. The minimum Gasteiger partial charge on any atom is -0.460 e. The molecule has 1 atom stereocenters. The highest BCUT2D eigenvalue weighted by Crippen LogP contribution is 2.53. The fourth-order valence-corrected chi connectivity index (χ4v) is 3.95. The molecule has 0 bridgehead atoms. The summed E-state index contributed by atoms with van der Waals surface area (Å²) in [7, 11) is 0. The Hall–Kier alpha value is -2.18. The van der Waals surface area contributed by atoms with E-state index in [1.807, 2.05) is 31.4 Å². The van der Waals surface area contributed by atoms with Gasteiger partial charge < -0.3 is 9.64 Å². The van der Waals surface area contributed by atoms with E-state index in [1.54, 1.807) is 12.5 Å². The number of ether oxygens (including phenoxy) is 1. The zero-order chi connectivity index (χ0) is 16.9. The van der Waals surface area contributed by atoms with Crippen molar-refractivity contribution < 1.29 is 9.53 Å². The number of esters is 1. The molecule has 0 amide bonds. The first kappa shape index (κ1) is 15.4. The van der Waals surface area contributed by atoms with Crippen LogP contribution in [0.1, 0.15) is 40.0 Å². The summed E-state index contributed by atoms with van der Waals surface area (Å²) >= 11 is 0. The standard InChI is InChI=1S/C17H23N5O2/c1-16(2,3)24-15(23)12-9-21(10-17(12)5-4-6-17)14-8-18-7-13-20-19-11-22(13)14/h7-8,11-12H,4-6,9-10H2,1-3H3. The van der Waals surface area contributed by atoms with Crippen LogP contribution >= 0.6 is 0 Å². The Morgan fingerprint density at radius 2 is 2.12 bits per heavy atom. The van der Waals surface area contributed by atoms with E-state index in [4.69, 9.17) is 4.74 Å². The van der Waals surface area contributed by atoms with Crippen molar-refractivity contribution in [2.24, 2.45) is 11.3 Å². The molecule has 2 aromatic heterocycles. The lowest BCUT2D eigenvalue weighted by atomic mass is 9.63. The van der Waals surface area contributed by atoms with Crippen LogP contribution in [-0.2, 0) is 9.53 Å². The van der Waals surface area contributed by atoms with E-state index in [9.17, 15) is 4.79 Å². The molecule has 0 N–H and O–H groups in total. The number of fused-ring (bicyclic) bond motifs is 1. The molecule has 1 aliphatic heterocycles. The largest absolute Gasteiger partial charge is 0.460 e.